The van der Waals surface area contributed by atoms with Gasteiger partial charge in [0.1, 0.15) is 0 Å². The van der Waals surface area contributed by atoms with Crippen LogP contribution in [0.2, 0.25) is 0 Å². The van der Waals surface area contributed by atoms with Gasteiger partial charge in [0.05, 0.1) is 5.92 Å². The van der Waals surface area contributed by atoms with Crippen LogP contribution < -0.4 is 11.1 Å². The molecular weight excluding hydrogens is 200 g/mol. The van der Waals surface area contributed by atoms with E-state index in [1.165, 1.54) is 32.1 Å². The van der Waals surface area contributed by atoms with Crippen LogP contribution >= 0.6 is 0 Å². The minimum Gasteiger partial charge on any atom is -0.369 e. The summed E-state index contributed by atoms with van der Waals surface area (Å²) in [5, 5.41) is 3.59. The lowest BCUT2D eigenvalue weighted by atomic mass is 9.84. The molecular formula is C13H24N2O. The molecule has 0 aromatic carbocycles. The molecule has 2 unspecified atom stereocenters. The zero-order valence-electron chi connectivity index (χ0n) is 10.1. The van der Waals surface area contributed by atoms with E-state index < -0.39 is 0 Å². The summed E-state index contributed by atoms with van der Waals surface area (Å²) in [5.41, 5.74) is 5.46. The third-order valence-corrected chi connectivity index (χ3v) is 4.27. The van der Waals surface area contributed by atoms with Crippen molar-refractivity contribution in [2.24, 2.45) is 17.6 Å². The smallest absolute Gasteiger partial charge is 0.222 e. The standard InChI is InChI=1S/C13H24N2O/c14-13(16)11-7-3-4-8-12(11)15-9-10-5-1-2-6-10/h10-12,15H,1-9H2,(H2,14,16). The topological polar surface area (TPSA) is 55.1 Å². The summed E-state index contributed by atoms with van der Waals surface area (Å²) in [4.78, 5) is 11.3. The number of rotatable bonds is 4. The lowest BCUT2D eigenvalue weighted by Crippen LogP contribution is -2.46. The van der Waals surface area contributed by atoms with E-state index in [4.69, 9.17) is 5.73 Å². The van der Waals surface area contributed by atoms with Gasteiger partial charge in [0.2, 0.25) is 5.91 Å². The van der Waals surface area contributed by atoms with Crippen LogP contribution in [0.5, 0.6) is 0 Å². The molecule has 16 heavy (non-hydrogen) atoms. The van der Waals surface area contributed by atoms with Crippen molar-refractivity contribution in [3.05, 3.63) is 0 Å². The summed E-state index contributed by atoms with van der Waals surface area (Å²) in [5.74, 6) is 0.814. The molecule has 92 valence electrons. The third kappa shape index (κ3) is 2.97. The summed E-state index contributed by atoms with van der Waals surface area (Å²) in [7, 11) is 0. The second-order valence-corrected chi connectivity index (χ2v) is 5.46. The molecule has 0 aromatic heterocycles. The van der Waals surface area contributed by atoms with Gasteiger partial charge < -0.3 is 11.1 Å². The molecule has 2 fully saturated rings. The lowest BCUT2D eigenvalue weighted by molar-refractivity contribution is -0.123. The maximum Gasteiger partial charge on any atom is 0.222 e. The fourth-order valence-electron chi connectivity index (χ4n) is 3.25. The summed E-state index contributed by atoms with van der Waals surface area (Å²) in [6.45, 7) is 1.09. The van der Waals surface area contributed by atoms with E-state index in [9.17, 15) is 4.79 Å². The molecule has 1 amide bonds. The van der Waals surface area contributed by atoms with Crippen LogP contribution in [0.1, 0.15) is 51.4 Å². The Balaban J connectivity index is 1.78. The largest absolute Gasteiger partial charge is 0.369 e. The van der Waals surface area contributed by atoms with Crippen molar-refractivity contribution >= 4 is 5.91 Å². The molecule has 2 rings (SSSR count). The van der Waals surface area contributed by atoms with Crippen LogP contribution in [0.15, 0.2) is 0 Å². The van der Waals surface area contributed by atoms with E-state index >= 15 is 0 Å². The van der Waals surface area contributed by atoms with E-state index in [1.54, 1.807) is 0 Å². The van der Waals surface area contributed by atoms with Crippen LogP contribution in [-0.4, -0.2) is 18.5 Å². The highest BCUT2D eigenvalue weighted by molar-refractivity contribution is 5.77. The second-order valence-electron chi connectivity index (χ2n) is 5.46. The maximum absolute atomic E-state index is 11.3. The van der Waals surface area contributed by atoms with Gasteiger partial charge >= 0.3 is 0 Å². The van der Waals surface area contributed by atoms with Crippen molar-refractivity contribution in [3.8, 4) is 0 Å². The average Bonchev–Trinajstić information content (AvgIpc) is 2.79. The second kappa shape index (κ2) is 5.67. The van der Waals surface area contributed by atoms with Gasteiger partial charge in [0.15, 0.2) is 0 Å². The van der Waals surface area contributed by atoms with Gasteiger partial charge in [0, 0.05) is 6.04 Å². The molecule has 2 saturated carbocycles. The zero-order valence-corrected chi connectivity index (χ0v) is 10.1. The monoisotopic (exact) mass is 224 g/mol. The average molecular weight is 224 g/mol. The quantitative estimate of drug-likeness (QED) is 0.765. The normalized spacial score (nSPS) is 31.8. The van der Waals surface area contributed by atoms with Crippen LogP contribution in [-0.2, 0) is 4.79 Å². The van der Waals surface area contributed by atoms with Gasteiger partial charge in [-0.1, -0.05) is 25.7 Å². The highest BCUT2D eigenvalue weighted by Crippen LogP contribution is 2.27. The molecule has 3 nitrogen and oxygen atoms in total. The van der Waals surface area contributed by atoms with Crippen molar-refractivity contribution in [1.29, 1.82) is 0 Å². The number of nitrogens with two attached hydrogens (primary N) is 1. The van der Waals surface area contributed by atoms with Crippen molar-refractivity contribution in [3.63, 3.8) is 0 Å². The van der Waals surface area contributed by atoms with Crippen molar-refractivity contribution in [1.82, 2.24) is 5.32 Å². The Hall–Kier alpha value is -0.570. The van der Waals surface area contributed by atoms with Crippen LogP contribution in [0, 0.1) is 11.8 Å². The number of carbonyl (C=O) groups excluding carboxylic acids is 1. The van der Waals surface area contributed by atoms with E-state index in [0.717, 1.165) is 31.7 Å². The van der Waals surface area contributed by atoms with Crippen molar-refractivity contribution in [2.75, 3.05) is 6.54 Å². The molecule has 3 N–H and O–H groups in total. The third-order valence-electron chi connectivity index (χ3n) is 4.27. The van der Waals surface area contributed by atoms with E-state index in [1.807, 2.05) is 0 Å². The van der Waals surface area contributed by atoms with Crippen molar-refractivity contribution in [2.45, 2.75) is 57.4 Å². The number of amides is 1. The number of nitrogens with one attached hydrogen (secondary N) is 1. The molecule has 0 aliphatic heterocycles. The van der Waals surface area contributed by atoms with Gasteiger partial charge in [-0.15, -0.1) is 0 Å². The number of primary amides is 1. The highest BCUT2D eigenvalue weighted by atomic mass is 16.1. The molecule has 3 heteroatoms. The minimum absolute atomic E-state index is 0.0788. The van der Waals surface area contributed by atoms with Crippen LogP contribution in [0.25, 0.3) is 0 Å². The molecule has 0 bridgehead atoms. The van der Waals surface area contributed by atoms with Gasteiger partial charge in [-0.05, 0) is 38.1 Å². The fraction of sp³-hybridized carbons (Fsp3) is 0.923. The Morgan fingerprint density at radius 1 is 1.06 bits per heavy atom. The van der Waals surface area contributed by atoms with Crippen LogP contribution in [0.3, 0.4) is 0 Å². The molecule has 0 spiro atoms. The van der Waals surface area contributed by atoms with Crippen molar-refractivity contribution < 1.29 is 4.79 Å². The van der Waals surface area contributed by atoms with Gasteiger partial charge in [-0.3, -0.25) is 4.79 Å². The Morgan fingerprint density at radius 2 is 1.69 bits per heavy atom. The number of hydrogen-bond donors (Lipinski definition) is 2. The van der Waals surface area contributed by atoms with Crippen LogP contribution in [0.4, 0.5) is 0 Å². The first-order chi connectivity index (χ1) is 7.77. The Kier molecular flexibility index (Phi) is 4.22. The summed E-state index contributed by atoms with van der Waals surface area (Å²) in [6, 6.07) is 0.354. The Morgan fingerprint density at radius 3 is 2.38 bits per heavy atom. The molecule has 0 aromatic rings. The molecule has 0 heterocycles. The van der Waals surface area contributed by atoms with E-state index in [2.05, 4.69) is 5.32 Å². The maximum atomic E-state index is 11.3. The molecule has 2 aliphatic rings. The summed E-state index contributed by atoms with van der Waals surface area (Å²) in [6.07, 6.45) is 10.0. The molecule has 0 radical (unpaired) electrons. The molecule has 2 atom stereocenters. The van der Waals surface area contributed by atoms with E-state index in [-0.39, 0.29) is 11.8 Å². The van der Waals surface area contributed by atoms with Gasteiger partial charge in [-0.25, -0.2) is 0 Å². The predicted molar refractivity (Wildman–Crippen MR) is 64.9 cm³/mol. The minimum atomic E-state index is -0.108. The number of carbonyl (C=O) groups is 1. The fourth-order valence-corrected chi connectivity index (χ4v) is 3.25. The van der Waals surface area contributed by atoms with Gasteiger partial charge in [0.25, 0.3) is 0 Å². The molecule has 2 aliphatic carbocycles. The highest BCUT2D eigenvalue weighted by Gasteiger charge is 2.29. The zero-order chi connectivity index (χ0) is 11.4. The molecule has 0 saturated heterocycles. The predicted octanol–water partition coefficient (Wildman–Crippen LogP) is 1.81. The summed E-state index contributed by atoms with van der Waals surface area (Å²) < 4.78 is 0. The first-order valence-electron chi connectivity index (χ1n) is 6.80. The first-order valence-corrected chi connectivity index (χ1v) is 6.80. The summed E-state index contributed by atoms with van der Waals surface area (Å²) >= 11 is 0. The van der Waals surface area contributed by atoms with E-state index in [0.29, 0.717) is 6.04 Å². The van der Waals surface area contributed by atoms with Gasteiger partial charge in [-0.2, -0.15) is 0 Å². The SMILES string of the molecule is NC(=O)C1CCCCC1NCC1CCCC1. The lowest BCUT2D eigenvalue weighted by Gasteiger charge is -2.31. The first kappa shape index (κ1) is 11.9. The Bertz CT molecular complexity index is 236. The number of hydrogen-bond acceptors (Lipinski definition) is 2. The Labute approximate surface area is 98.2 Å².